The molecule has 21 heavy (non-hydrogen) atoms. The van der Waals surface area contributed by atoms with Gasteiger partial charge < -0.3 is 4.90 Å². The van der Waals surface area contributed by atoms with Crippen LogP contribution >= 0.6 is 0 Å². The molecule has 2 heterocycles. The minimum atomic E-state index is 0.396. The van der Waals surface area contributed by atoms with Crippen molar-refractivity contribution in [2.24, 2.45) is 0 Å². The zero-order valence-electron chi connectivity index (χ0n) is 13.8. The monoisotopic (exact) mass is 282 g/mol. The number of rotatable bonds is 4. The SMILES string of the molecule is CCC(C)c1ncccc1C1=CN(C=C(C)C)C(C)C=C1. The highest BCUT2D eigenvalue weighted by Gasteiger charge is 2.16. The number of allylic oxidation sites excluding steroid dienone is 3. The fourth-order valence-electron chi connectivity index (χ4n) is 2.52. The van der Waals surface area contributed by atoms with E-state index in [2.05, 4.69) is 75.1 Å². The molecule has 1 aromatic heterocycles. The molecule has 1 aliphatic rings. The molecule has 112 valence electrons. The molecule has 0 spiro atoms. The molecule has 2 unspecified atom stereocenters. The van der Waals surface area contributed by atoms with Crippen molar-refractivity contribution in [3.63, 3.8) is 0 Å². The summed E-state index contributed by atoms with van der Waals surface area (Å²) in [5, 5.41) is 0. The van der Waals surface area contributed by atoms with Crippen LogP contribution in [0.3, 0.4) is 0 Å². The second-order valence-electron chi connectivity index (χ2n) is 6.08. The Kier molecular flexibility index (Phi) is 5.00. The largest absolute Gasteiger partial charge is 0.347 e. The number of nitrogens with zero attached hydrogens (tertiary/aromatic N) is 2. The predicted octanol–water partition coefficient (Wildman–Crippen LogP) is 5.12. The van der Waals surface area contributed by atoms with Gasteiger partial charge in [0.15, 0.2) is 0 Å². The molecule has 2 nitrogen and oxygen atoms in total. The first kappa shape index (κ1) is 15.6. The van der Waals surface area contributed by atoms with E-state index in [1.807, 2.05) is 12.3 Å². The minimum absolute atomic E-state index is 0.396. The number of hydrogen-bond donors (Lipinski definition) is 0. The van der Waals surface area contributed by atoms with Crippen LogP contribution in [-0.4, -0.2) is 15.9 Å². The Bertz CT molecular complexity index is 577. The Morgan fingerprint density at radius 1 is 1.43 bits per heavy atom. The van der Waals surface area contributed by atoms with Crippen molar-refractivity contribution in [3.05, 3.63) is 59.7 Å². The van der Waals surface area contributed by atoms with E-state index in [0.717, 1.165) is 6.42 Å². The van der Waals surface area contributed by atoms with Crippen molar-refractivity contribution in [2.45, 2.75) is 53.0 Å². The molecule has 2 heteroatoms. The summed E-state index contributed by atoms with van der Waals surface area (Å²) in [4.78, 5) is 6.90. The van der Waals surface area contributed by atoms with Crippen LogP contribution in [0.1, 0.15) is 58.2 Å². The second kappa shape index (κ2) is 6.75. The smallest absolute Gasteiger partial charge is 0.0510 e. The van der Waals surface area contributed by atoms with Gasteiger partial charge in [0, 0.05) is 30.2 Å². The lowest BCUT2D eigenvalue weighted by molar-refractivity contribution is 0.446. The van der Waals surface area contributed by atoms with Crippen molar-refractivity contribution in [1.29, 1.82) is 0 Å². The van der Waals surface area contributed by atoms with Gasteiger partial charge in [-0.05, 0) is 44.7 Å². The molecule has 0 bridgehead atoms. The van der Waals surface area contributed by atoms with E-state index >= 15 is 0 Å². The summed E-state index contributed by atoms with van der Waals surface area (Å²) in [6, 6.07) is 4.60. The van der Waals surface area contributed by atoms with E-state index in [4.69, 9.17) is 0 Å². The highest BCUT2D eigenvalue weighted by molar-refractivity contribution is 5.76. The fraction of sp³-hybridized carbons (Fsp3) is 0.421. The molecule has 0 amide bonds. The zero-order valence-corrected chi connectivity index (χ0v) is 13.8. The molecule has 1 aromatic rings. The highest BCUT2D eigenvalue weighted by Crippen LogP contribution is 2.29. The highest BCUT2D eigenvalue weighted by atomic mass is 15.1. The Morgan fingerprint density at radius 2 is 2.19 bits per heavy atom. The molecular weight excluding hydrogens is 256 g/mol. The van der Waals surface area contributed by atoms with Gasteiger partial charge >= 0.3 is 0 Å². The lowest BCUT2D eigenvalue weighted by atomic mass is 9.93. The van der Waals surface area contributed by atoms with Crippen molar-refractivity contribution >= 4 is 5.57 Å². The van der Waals surface area contributed by atoms with Crippen LogP contribution in [0.2, 0.25) is 0 Å². The van der Waals surface area contributed by atoms with Gasteiger partial charge in [0.25, 0.3) is 0 Å². The summed E-state index contributed by atoms with van der Waals surface area (Å²) in [6.45, 7) is 10.9. The van der Waals surface area contributed by atoms with Gasteiger partial charge in [0.05, 0.1) is 5.69 Å². The van der Waals surface area contributed by atoms with Crippen LogP contribution in [0.25, 0.3) is 5.57 Å². The first-order chi connectivity index (χ1) is 10.0. The first-order valence-electron chi connectivity index (χ1n) is 7.80. The predicted molar refractivity (Wildman–Crippen MR) is 90.8 cm³/mol. The third-order valence-electron chi connectivity index (χ3n) is 3.95. The molecule has 0 saturated heterocycles. The van der Waals surface area contributed by atoms with Gasteiger partial charge in [0.2, 0.25) is 0 Å². The lowest BCUT2D eigenvalue weighted by Crippen LogP contribution is -2.24. The summed E-state index contributed by atoms with van der Waals surface area (Å²) in [5.41, 5.74) is 5.00. The number of aromatic nitrogens is 1. The molecular formula is C19H26N2. The Labute approximate surface area is 128 Å². The molecule has 2 rings (SSSR count). The van der Waals surface area contributed by atoms with Gasteiger partial charge in [-0.2, -0.15) is 0 Å². The molecule has 0 fully saturated rings. The first-order valence-corrected chi connectivity index (χ1v) is 7.80. The van der Waals surface area contributed by atoms with Gasteiger partial charge in [0.1, 0.15) is 0 Å². The summed E-state index contributed by atoms with van der Waals surface area (Å²) < 4.78 is 0. The van der Waals surface area contributed by atoms with Gasteiger partial charge in [-0.1, -0.05) is 37.6 Å². The summed E-state index contributed by atoms with van der Waals surface area (Å²) in [7, 11) is 0. The van der Waals surface area contributed by atoms with Crippen LogP contribution in [-0.2, 0) is 0 Å². The van der Waals surface area contributed by atoms with Crippen LogP contribution in [0.5, 0.6) is 0 Å². The standard InChI is InChI=1S/C19H26N2/c1-6-15(4)19-18(8-7-11-20-19)17-10-9-16(5)21(13-17)12-14(2)3/h7-13,15-16H,6H2,1-5H3. The van der Waals surface area contributed by atoms with Crippen LogP contribution in [0, 0.1) is 0 Å². The maximum atomic E-state index is 4.62. The molecule has 2 atom stereocenters. The molecule has 0 saturated carbocycles. The van der Waals surface area contributed by atoms with Gasteiger partial charge in [-0.3, -0.25) is 4.98 Å². The van der Waals surface area contributed by atoms with Gasteiger partial charge in [-0.15, -0.1) is 0 Å². The van der Waals surface area contributed by atoms with Crippen molar-refractivity contribution in [3.8, 4) is 0 Å². The third kappa shape index (κ3) is 3.63. The van der Waals surface area contributed by atoms with Crippen LogP contribution in [0.4, 0.5) is 0 Å². The molecule has 0 aliphatic carbocycles. The number of hydrogen-bond acceptors (Lipinski definition) is 2. The summed E-state index contributed by atoms with van der Waals surface area (Å²) >= 11 is 0. The molecule has 0 radical (unpaired) electrons. The molecule has 1 aliphatic heterocycles. The average Bonchev–Trinajstić information content (AvgIpc) is 2.48. The maximum absolute atomic E-state index is 4.62. The second-order valence-corrected chi connectivity index (χ2v) is 6.08. The summed E-state index contributed by atoms with van der Waals surface area (Å²) in [5.74, 6) is 0.478. The van der Waals surface area contributed by atoms with E-state index in [-0.39, 0.29) is 0 Å². The zero-order chi connectivity index (χ0) is 15.4. The third-order valence-corrected chi connectivity index (χ3v) is 3.95. The number of pyridine rings is 1. The average molecular weight is 282 g/mol. The topological polar surface area (TPSA) is 16.1 Å². The fourth-order valence-corrected chi connectivity index (χ4v) is 2.52. The summed E-state index contributed by atoms with van der Waals surface area (Å²) in [6.07, 6.45) is 11.9. The van der Waals surface area contributed by atoms with Crippen molar-refractivity contribution in [1.82, 2.24) is 9.88 Å². The Hall–Kier alpha value is -1.83. The van der Waals surface area contributed by atoms with E-state index in [1.54, 1.807) is 0 Å². The normalized spacial score (nSPS) is 19.2. The minimum Gasteiger partial charge on any atom is -0.347 e. The quantitative estimate of drug-likeness (QED) is 0.762. The van der Waals surface area contributed by atoms with E-state index in [1.165, 1.54) is 22.4 Å². The van der Waals surface area contributed by atoms with Crippen LogP contribution < -0.4 is 0 Å². The van der Waals surface area contributed by atoms with Crippen molar-refractivity contribution in [2.75, 3.05) is 0 Å². The Morgan fingerprint density at radius 3 is 2.86 bits per heavy atom. The lowest BCUT2D eigenvalue weighted by Gasteiger charge is -2.27. The molecule has 0 aromatic carbocycles. The van der Waals surface area contributed by atoms with Crippen molar-refractivity contribution < 1.29 is 0 Å². The van der Waals surface area contributed by atoms with E-state index in [0.29, 0.717) is 12.0 Å². The van der Waals surface area contributed by atoms with Gasteiger partial charge in [-0.25, -0.2) is 0 Å². The molecule has 0 N–H and O–H groups in total. The van der Waals surface area contributed by atoms with E-state index < -0.39 is 0 Å². The van der Waals surface area contributed by atoms with E-state index in [9.17, 15) is 0 Å². The maximum Gasteiger partial charge on any atom is 0.0510 e. The Balaban J connectivity index is 2.42. The van der Waals surface area contributed by atoms with Crippen LogP contribution in [0.15, 0.2) is 48.5 Å².